The zero-order chi connectivity index (χ0) is 19.2. The van der Waals surface area contributed by atoms with Gasteiger partial charge < -0.3 is 14.6 Å². The Morgan fingerprint density at radius 1 is 1.07 bits per heavy atom. The summed E-state index contributed by atoms with van der Waals surface area (Å²) in [6.45, 7) is 8.58. The molecule has 3 rings (SSSR count). The summed E-state index contributed by atoms with van der Waals surface area (Å²) in [5, 5.41) is 2.98. The van der Waals surface area contributed by atoms with Crippen molar-refractivity contribution in [3.05, 3.63) is 59.5 Å². The van der Waals surface area contributed by atoms with E-state index in [9.17, 15) is 9.59 Å². The predicted molar refractivity (Wildman–Crippen MR) is 104 cm³/mol. The molecule has 2 amide bonds. The minimum absolute atomic E-state index is 0.0445. The normalized spacial score (nSPS) is 15.1. The topological polar surface area (TPSA) is 65.8 Å². The molecule has 2 heterocycles. The smallest absolute Gasteiger partial charge is 0.289 e. The van der Waals surface area contributed by atoms with Gasteiger partial charge in [-0.1, -0.05) is 26.0 Å². The molecule has 6 nitrogen and oxygen atoms in total. The molecule has 0 atom stereocenters. The van der Waals surface area contributed by atoms with Gasteiger partial charge in [0, 0.05) is 44.8 Å². The van der Waals surface area contributed by atoms with Crippen molar-refractivity contribution in [1.82, 2.24) is 15.1 Å². The SMILES string of the molecule is CC(C)c1ccc(C(=O)NCCN2CCN(C(=O)c3ccco3)CC2)cc1. The summed E-state index contributed by atoms with van der Waals surface area (Å²) < 4.78 is 5.18. The van der Waals surface area contributed by atoms with E-state index >= 15 is 0 Å². The molecule has 144 valence electrons. The average Bonchev–Trinajstić information content (AvgIpc) is 3.23. The molecule has 1 aliphatic heterocycles. The van der Waals surface area contributed by atoms with Crippen molar-refractivity contribution in [3.63, 3.8) is 0 Å². The van der Waals surface area contributed by atoms with Gasteiger partial charge in [0.2, 0.25) is 0 Å². The number of nitrogens with zero attached hydrogens (tertiary/aromatic N) is 2. The molecule has 27 heavy (non-hydrogen) atoms. The van der Waals surface area contributed by atoms with Gasteiger partial charge in [0.1, 0.15) is 0 Å². The molecule has 1 saturated heterocycles. The summed E-state index contributed by atoms with van der Waals surface area (Å²) in [4.78, 5) is 28.6. The van der Waals surface area contributed by atoms with Crippen LogP contribution in [-0.4, -0.2) is 60.9 Å². The lowest BCUT2D eigenvalue weighted by molar-refractivity contribution is 0.0607. The molecule has 0 spiro atoms. The minimum Gasteiger partial charge on any atom is -0.459 e. The van der Waals surface area contributed by atoms with Gasteiger partial charge in [-0.15, -0.1) is 0 Å². The van der Waals surface area contributed by atoms with Crippen molar-refractivity contribution in [2.45, 2.75) is 19.8 Å². The summed E-state index contributed by atoms with van der Waals surface area (Å²) in [5.74, 6) is 0.745. The molecule has 1 aromatic heterocycles. The van der Waals surface area contributed by atoms with Gasteiger partial charge in [-0.2, -0.15) is 0 Å². The van der Waals surface area contributed by atoms with Gasteiger partial charge in [0.05, 0.1) is 6.26 Å². The lowest BCUT2D eigenvalue weighted by Crippen LogP contribution is -2.50. The van der Waals surface area contributed by atoms with E-state index in [1.54, 1.807) is 12.1 Å². The van der Waals surface area contributed by atoms with Crippen molar-refractivity contribution < 1.29 is 14.0 Å². The fourth-order valence-corrected chi connectivity index (χ4v) is 3.18. The Morgan fingerprint density at radius 3 is 2.37 bits per heavy atom. The second-order valence-corrected chi connectivity index (χ2v) is 7.14. The predicted octanol–water partition coefficient (Wildman–Crippen LogP) is 2.59. The monoisotopic (exact) mass is 369 g/mol. The lowest BCUT2D eigenvalue weighted by Gasteiger charge is -2.34. The van der Waals surface area contributed by atoms with Crippen LogP contribution >= 0.6 is 0 Å². The van der Waals surface area contributed by atoms with Crippen LogP contribution in [0.3, 0.4) is 0 Å². The molecule has 0 radical (unpaired) electrons. The maximum atomic E-state index is 12.3. The van der Waals surface area contributed by atoms with Gasteiger partial charge in [0.25, 0.3) is 11.8 Å². The van der Waals surface area contributed by atoms with Gasteiger partial charge in [-0.05, 0) is 35.7 Å². The quantitative estimate of drug-likeness (QED) is 0.850. The summed E-state index contributed by atoms with van der Waals surface area (Å²) in [7, 11) is 0. The number of rotatable bonds is 6. The highest BCUT2D eigenvalue weighted by Crippen LogP contribution is 2.14. The zero-order valence-corrected chi connectivity index (χ0v) is 16.0. The Labute approximate surface area is 160 Å². The van der Waals surface area contributed by atoms with Gasteiger partial charge in [0.15, 0.2) is 5.76 Å². The van der Waals surface area contributed by atoms with Crippen LogP contribution in [0.5, 0.6) is 0 Å². The van der Waals surface area contributed by atoms with Crippen LogP contribution in [-0.2, 0) is 0 Å². The largest absolute Gasteiger partial charge is 0.459 e. The lowest BCUT2D eigenvalue weighted by atomic mass is 10.0. The van der Waals surface area contributed by atoms with E-state index in [1.165, 1.54) is 11.8 Å². The summed E-state index contributed by atoms with van der Waals surface area (Å²) in [6, 6.07) is 11.2. The molecule has 6 heteroatoms. The maximum absolute atomic E-state index is 12.3. The highest BCUT2D eigenvalue weighted by Gasteiger charge is 2.23. The van der Waals surface area contributed by atoms with Crippen molar-refractivity contribution in [2.75, 3.05) is 39.3 Å². The van der Waals surface area contributed by atoms with Crippen molar-refractivity contribution in [2.24, 2.45) is 0 Å². The van der Waals surface area contributed by atoms with Crippen LogP contribution in [0.4, 0.5) is 0 Å². The number of piperazine rings is 1. The molecular formula is C21H27N3O3. The van der Waals surface area contributed by atoms with Crippen LogP contribution in [0.15, 0.2) is 47.1 Å². The second kappa shape index (κ2) is 8.86. The standard InChI is InChI=1S/C21H27N3O3/c1-16(2)17-5-7-18(8-6-17)20(25)22-9-10-23-11-13-24(14-12-23)21(26)19-4-3-15-27-19/h3-8,15-16H,9-14H2,1-2H3,(H,22,25). The fraction of sp³-hybridized carbons (Fsp3) is 0.429. The van der Waals surface area contributed by atoms with Crippen LogP contribution in [0.25, 0.3) is 0 Å². The van der Waals surface area contributed by atoms with Crippen molar-refractivity contribution in [3.8, 4) is 0 Å². The van der Waals surface area contributed by atoms with Crippen molar-refractivity contribution in [1.29, 1.82) is 0 Å². The zero-order valence-electron chi connectivity index (χ0n) is 16.0. The first-order valence-corrected chi connectivity index (χ1v) is 9.48. The van der Waals surface area contributed by atoms with Gasteiger partial charge in [-0.3, -0.25) is 14.5 Å². The third-order valence-electron chi connectivity index (χ3n) is 4.94. The highest BCUT2D eigenvalue weighted by molar-refractivity contribution is 5.94. The van der Waals surface area contributed by atoms with E-state index in [1.807, 2.05) is 29.2 Å². The third kappa shape index (κ3) is 4.98. The average molecular weight is 369 g/mol. The first kappa shape index (κ1) is 19.2. The second-order valence-electron chi connectivity index (χ2n) is 7.14. The number of hydrogen-bond donors (Lipinski definition) is 1. The molecule has 2 aromatic rings. The Bertz CT molecular complexity index is 745. The number of amides is 2. The molecular weight excluding hydrogens is 342 g/mol. The number of nitrogens with one attached hydrogen (secondary N) is 1. The molecule has 0 bridgehead atoms. The van der Waals surface area contributed by atoms with E-state index in [2.05, 4.69) is 24.1 Å². The van der Waals surface area contributed by atoms with E-state index < -0.39 is 0 Å². The summed E-state index contributed by atoms with van der Waals surface area (Å²) in [6.07, 6.45) is 1.52. The first-order chi connectivity index (χ1) is 13.0. The number of hydrogen-bond acceptors (Lipinski definition) is 4. The van der Waals surface area contributed by atoms with Crippen LogP contribution in [0.2, 0.25) is 0 Å². The number of benzene rings is 1. The highest BCUT2D eigenvalue weighted by atomic mass is 16.3. The van der Waals surface area contributed by atoms with Crippen molar-refractivity contribution >= 4 is 11.8 Å². The molecule has 0 aliphatic carbocycles. The third-order valence-corrected chi connectivity index (χ3v) is 4.94. The maximum Gasteiger partial charge on any atom is 0.289 e. The molecule has 0 saturated carbocycles. The Morgan fingerprint density at radius 2 is 1.78 bits per heavy atom. The van der Waals surface area contributed by atoms with E-state index in [0.29, 0.717) is 36.9 Å². The molecule has 1 N–H and O–H groups in total. The Hall–Kier alpha value is -2.60. The first-order valence-electron chi connectivity index (χ1n) is 9.48. The Kier molecular flexibility index (Phi) is 6.29. The molecule has 1 fully saturated rings. The van der Waals surface area contributed by atoms with Gasteiger partial charge >= 0.3 is 0 Å². The number of carbonyl (C=O) groups is 2. The fourth-order valence-electron chi connectivity index (χ4n) is 3.18. The van der Waals surface area contributed by atoms with Crippen LogP contribution in [0.1, 0.15) is 46.2 Å². The summed E-state index contributed by atoms with van der Waals surface area (Å²) in [5.41, 5.74) is 1.92. The van der Waals surface area contributed by atoms with Gasteiger partial charge in [-0.25, -0.2) is 0 Å². The minimum atomic E-state index is -0.0576. The molecule has 0 unspecified atom stereocenters. The van der Waals surface area contributed by atoms with E-state index in [4.69, 9.17) is 4.42 Å². The number of carbonyl (C=O) groups excluding carboxylic acids is 2. The van der Waals surface area contributed by atoms with E-state index in [0.717, 1.165) is 19.6 Å². The number of furan rings is 1. The summed E-state index contributed by atoms with van der Waals surface area (Å²) >= 11 is 0. The molecule has 1 aliphatic rings. The Balaban J connectivity index is 1.39. The van der Waals surface area contributed by atoms with E-state index in [-0.39, 0.29) is 11.8 Å². The van der Waals surface area contributed by atoms with Crippen LogP contribution < -0.4 is 5.32 Å². The molecule has 1 aromatic carbocycles. The van der Waals surface area contributed by atoms with Crippen LogP contribution in [0, 0.1) is 0 Å².